The summed E-state index contributed by atoms with van der Waals surface area (Å²) in [5.74, 6) is 0.352. The van der Waals surface area contributed by atoms with Crippen LogP contribution in [0.4, 0.5) is 10.1 Å². The Bertz CT molecular complexity index is 546. The fraction of sp³-hybridized carbons (Fsp3) is 0.214. The number of rotatable bonds is 5. The Hall–Kier alpha value is -1.62. The Labute approximate surface area is 119 Å². The molecule has 1 heterocycles. The van der Waals surface area contributed by atoms with Gasteiger partial charge in [0.25, 0.3) is 0 Å². The van der Waals surface area contributed by atoms with Crippen molar-refractivity contribution in [2.45, 2.75) is 13.5 Å². The highest BCUT2D eigenvalue weighted by atomic mass is 79.9. The summed E-state index contributed by atoms with van der Waals surface area (Å²) in [4.78, 5) is 4.15. The van der Waals surface area contributed by atoms with Crippen LogP contribution in [0.1, 0.15) is 12.5 Å². The second-order valence-electron chi connectivity index (χ2n) is 3.91. The molecular formula is C14H14BrFN2O. The van der Waals surface area contributed by atoms with E-state index in [1.54, 1.807) is 18.3 Å². The molecule has 1 aromatic carbocycles. The van der Waals surface area contributed by atoms with E-state index in [0.717, 1.165) is 15.7 Å². The van der Waals surface area contributed by atoms with E-state index in [4.69, 9.17) is 4.74 Å². The van der Waals surface area contributed by atoms with Gasteiger partial charge in [0, 0.05) is 17.1 Å². The number of hydrogen-bond acceptors (Lipinski definition) is 3. The van der Waals surface area contributed by atoms with Crippen LogP contribution in [0, 0.1) is 5.82 Å². The van der Waals surface area contributed by atoms with E-state index in [-0.39, 0.29) is 5.82 Å². The Morgan fingerprint density at radius 1 is 1.32 bits per heavy atom. The lowest BCUT2D eigenvalue weighted by Gasteiger charge is -2.09. The average Bonchev–Trinajstić information content (AvgIpc) is 2.42. The van der Waals surface area contributed by atoms with Gasteiger partial charge >= 0.3 is 0 Å². The van der Waals surface area contributed by atoms with Crippen LogP contribution in [0.3, 0.4) is 0 Å². The molecule has 0 atom stereocenters. The molecule has 0 amide bonds. The normalized spacial score (nSPS) is 10.3. The van der Waals surface area contributed by atoms with Gasteiger partial charge in [-0.15, -0.1) is 0 Å². The van der Waals surface area contributed by atoms with Crippen LogP contribution in [0.15, 0.2) is 41.0 Å². The van der Waals surface area contributed by atoms with Crippen LogP contribution >= 0.6 is 15.9 Å². The maximum atomic E-state index is 13.1. The van der Waals surface area contributed by atoms with E-state index in [0.29, 0.717) is 19.0 Å². The second kappa shape index (κ2) is 6.52. The predicted molar refractivity (Wildman–Crippen MR) is 76.8 cm³/mol. The summed E-state index contributed by atoms with van der Waals surface area (Å²) < 4.78 is 19.3. The van der Waals surface area contributed by atoms with Crippen molar-refractivity contribution in [3.05, 3.63) is 52.4 Å². The van der Waals surface area contributed by atoms with Crippen molar-refractivity contribution in [1.82, 2.24) is 4.98 Å². The Morgan fingerprint density at radius 3 is 2.84 bits per heavy atom. The highest BCUT2D eigenvalue weighted by Crippen LogP contribution is 2.19. The van der Waals surface area contributed by atoms with E-state index in [1.807, 2.05) is 13.0 Å². The van der Waals surface area contributed by atoms with Gasteiger partial charge in [0.2, 0.25) is 5.88 Å². The first-order valence-electron chi connectivity index (χ1n) is 5.95. The molecule has 19 heavy (non-hydrogen) atoms. The minimum atomic E-state index is -0.246. The van der Waals surface area contributed by atoms with Gasteiger partial charge in [0.15, 0.2) is 0 Å². The molecule has 2 aromatic rings. The van der Waals surface area contributed by atoms with Gasteiger partial charge in [-0.2, -0.15) is 0 Å². The maximum Gasteiger partial charge on any atom is 0.213 e. The zero-order chi connectivity index (χ0) is 13.7. The maximum absolute atomic E-state index is 13.1. The minimum absolute atomic E-state index is 0.246. The third-order valence-electron chi connectivity index (χ3n) is 2.52. The summed E-state index contributed by atoms with van der Waals surface area (Å²) in [5.41, 5.74) is 1.72. The highest BCUT2D eigenvalue weighted by molar-refractivity contribution is 9.10. The first-order valence-corrected chi connectivity index (χ1v) is 6.75. The van der Waals surface area contributed by atoms with Crippen molar-refractivity contribution in [2.24, 2.45) is 0 Å². The van der Waals surface area contributed by atoms with Crippen molar-refractivity contribution in [3.8, 4) is 5.88 Å². The Kier molecular flexibility index (Phi) is 4.74. The zero-order valence-corrected chi connectivity index (χ0v) is 12.1. The molecule has 0 aliphatic rings. The summed E-state index contributed by atoms with van der Waals surface area (Å²) in [6.07, 6.45) is 1.69. The molecule has 0 saturated heterocycles. The van der Waals surface area contributed by atoms with Crippen molar-refractivity contribution in [3.63, 3.8) is 0 Å². The number of nitrogens with zero attached hydrogens (tertiary/aromatic N) is 1. The number of anilines is 1. The fourth-order valence-electron chi connectivity index (χ4n) is 1.59. The number of ether oxygens (including phenoxy) is 1. The molecule has 0 aliphatic heterocycles. The van der Waals surface area contributed by atoms with E-state index in [1.165, 1.54) is 12.1 Å². The molecular weight excluding hydrogens is 311 g/mol. The van der Waals surface area contributed by atoms with E-state index >= 15 is 0 Å². The van der Waals surface area contributed by atoms with Gasteiger partial charge in [0.1, 0.15) is 5.82 Å². The van der Waals surface area contributed by atoms with Crippen molar-refractivity contribution < 1.29 is 9.13 Å². The quantitative estimate of drug-likeness (QED) is 0.902. The van der Waals surface area contributed by atoms with E-state index in [2.05, 4.69) is 26.2 Å². The third kappa shape index (κ3) is 3.92. The molecule has 0 spiro atoms. The van der Waals surface area contributed by atoms with E-state index < -0.39 is 0 Å². The van der Waals surface area contributed by atoms with Crippen LogP contribution in [0.5, 0.6) is 5.88 Å². The van der Waals surface area contributed by atoms with Gasteiger partial charge in [0.05, 0.1) is 18.5 Å². The van der Waals surface area contributed by atoms with Crippen LogP contribution < -0.4 is 10.1 Å². The second-order valence-corrected chi connectivity index (χ2v) is 4.76. The summed E-state index contributed by atoms with van der Waals surface area (Å²) in [7, 11) is 0. The molecule has 1 N–H and O–H groups in total. The summed E-state index contributed by atoms with van der Waals surface area (Å²) in [6, 6.07) is 8.30. The number of aromatic nitrogens is 1. The molecule has 2 rings (SSSR count). The largest absolute Gasteiger partial charge is 0.478 e. The number of nitrogens with one attached hydrogen (secondary N) is 1. The lowest BCUT2D eigenvalue weighted by Crippen LogP contribution is -2.01. The van der Waals surface area contributed by atoms with Crippen LogP contribution in [-0.4, -0.2) is 11.6 Å². The summed E-state index contributed by atoms with van der Waals surface area (Å²) in [6.45, 7) is 3.03. The number of halogens is 2. The van der Waals surface area contributed by atoms with Crippen molar-refractivity contribution >= 4 is 21.6 Å². The SMILES string of the molecule is CCOc1ccc(NCc2cc(F)ccc2Br)cn1. The smallest absolute Gasteiger partial charge is 0.213 e. The molecule has 0 bridgehead atoms. The first-order chi connectivity index (χ1) is 9.19. The van der Waals surface area contributed by atoms with Crippen molar-refractivity contribution in [2.75, 3.05) is 11.9 Å². The van der Waals surface area contributed by atoms with Gasteiger partial charge in [-0.1, -0.05) is 15.9 Å². The minimum Gasteiger partial charge on any atom is -0.478 e. The molecule has 0 fully saturated rings. The Balaban J connectivity index is 2.00. The molecule has 3 nitrogen and oxygen atoms in total. The van der Waals surface area contributed by atoms with Gasteiger partial charge in [-0.25, -0.2) is 9.37 Å². The molecule has 100 valence electrons. The summed E-state index contributed by atoms with van der Waals surface area (Å²) in [5, 5.41) is 3.18. The molecule has 1 aromatic heterocycles. The predicted octanol–water partition coefficient (Wildman–Crippen LogP) is 3.99. The average molecular weight is 325 g/mol. The zero-order valence-electron chi connectivity index (χ0n) is 10.5. The lowest BCUT2D eigenvalue weighted by molar-refractivity contribution is 0.327. The van der Waals surface area contributed by atoms with Crippen molar-refractivity contribution in [1.29, 1.82) is 0 Å². The third-order valence-corrected chi connectivity index (χ3v) is 3.29. The monoisotopic (exact) mass is 324 g/mol. The Morgan fingerprint density at radius 2 is 2.16 bits per heavy atom. The number of hydrogen-bond donors (Lipinski definition) is 1. The molecule has 0 radical (unpaired) electrons. The molecule has 0 aliphatic carbocycles. The lowest BCUT2D eigenvalue weighted by atomic mass is 10.2. The molecule has 5 heteroatoms. The number of pyridine rings is 1. The number of benzene rings is 1. The standard InChI is InChI=1S/C14H14BrFN2O/c1-2-19-14-6-4-12(9-18-14)17-8-10-7-11(16)3-5-13(10)15/h3-7,9,17H,2,8H2,1H3. The molecule has 0 unspecified atom stereocenters. The topological polar surface area (TPSA) is 34.1 Å². The van der Waals surface area contributed by atoms with Gasteiger partial charge in [-0.3, -0.25) is 0 Å². The fourth-order valence-corrected chi connectivity index (χ4v) is 1.98. The first kappa shape index (κ1) is 13.8. The molecule has 0 saturated carbocycles. The van der Waals surface area contributed by atoms with E-state index in [9.17, 15) is 4.39 Å². The highest BCUT2D eigenvalue weighted by Gasteiger charge is 2.02. The van der Waals surface area contributed by atoms with Gasteiger partial charge < -0.3 is 10.1 Å². The van der Waals surface area contributed by atoms with Gasteiger partial charge in [-0.05, 0) is 36.8 Å². The van der Waals surface area contributed by atoms with Crippen LogP contribution in [0.2, 0.25) is 0 Å². The van der Waals surface area contributed by atoms with Crippen LogP contribution in [-0.2, 0) is 6.54 Å². The van der Waals surface area contributed by atoms with Crippen LogP contribution in [0.25, 0.3) is 0 Å². The summed E-state index contributed by atoms with van der Waals surface area (Å²) >= 11 is 3.39.